The maximum absolute atomic E-state index is 13.0. The molecule has 0 fully saturated rings. The largest absolute Gasteiger partial charge is 0.490 e. The van der Waals surface area contributed by atoms with Gasteiger partial charge in [0.25, 0.3) is 5.91 Å². The SMILES string of the molecule is CCOc1ccc(C(NC(=O)c2ccc(CSc3ncn[nH]3)cc2)C(C)C)cc1OCC. The van der Waals surface area contributed by atoms with E-state index in [2.05, 4.69) is 34.3 Å². The lowest BCUT2D eigenvalue weighted by atomic mass is 9.95. The third-order valence-electron chi connectivity index (χ3n) is 4.86. The standard InChI is InChI=1S/C24H30N4O3S/c1-5-30-20-12-11-19(13-21(20)31-6-2)22(16(3)4)27-23(29)18-9-7-17(8-10-18)14-32-24-25-15-26-28-24/h7-13,15-16,22H,5-6,14H2,1-4H3,(H,27,29)(H,25,26,28). The number of carbonyl (C=O) groups excluding carboxylic acids is 1. The van der Waals surface area contributed by atoms with E-state index >= 15 is 0 Å². The predicted molar refractivity (Wildman–Crippen MR) is 126 cm³/mol. The van der Waals surface area contributed by atoms with Gasteiger partial charge in [-0.3, -0.25) is 9.89 Å². The molecule has 0 saturated heterocycles. The highest BCUT2D eigenvalue weighted by molar-refractivity contribution is 7.98. The van der Waals surface area contributed by atoms with E-state index in [0.29, 0.717) is 30.3 Å². The first kappa shape index (κ1) is 23.7. The van der Waals surface area contributed by atoms with Crippen LogP contribution < -0.4 is 14.8 Å². The van der Waals surface area contributed by atoms with Gasteiger partial charge >= 0.3 is 0 Å². The summed E-state index contributed by atoms with van der Waals surface area (Å²) in [4.78, 5) is 17.1. The molecule has 0 aliphatic heterocycles. The number of nitrogens with one attached hydrogen (secondary N) is 2. The van der Waals surface area contributed by atoms with Crippen molar-refractivity contribution in [2.45, 2.75) is 44.6 Å². The van der Waals surface area contributed by atoms with E-state index < -0.39 is 0 Å². The van der Waals surface area contributed by atoms with Crippen LogP contribution in [0.4, 0.5) is 0 Å². The molecule has 3 aromatic rings. The molecule has 0 spiro atoms. The molecule has 1 aromatic heterocycles. The molecule has 8 heteroatoms. The van der Waals surface area contributed by atoms with Gasteiger partial charge in [-0.25, -0.2) is 4.98 Å². The molecular weight excluding hydrogens is 424 g/mol. The molecule has 1 heterocycles. The third kappa shape index (κ3) is 6.26. The van der Waals surface area contributed by atoms with Crippen LogP contribution >= 0.6 is 11.8 Å². The van der Waals surface area contributed by atoms with Crippen LogP contribution in [0.2, 0.25) is 0 Å². The highest BCUT2D eigenvalue weighted by Gasteiger charge is 2.21. The van der Waals surface area contributed by atoms with Crippen LogP contribution in [0.15, 0.2) is 53.9 Å². The fourth-order valence-corrected chi connectivity index (χ4v) is 4.02. The Hall–Kier alpha value is -3.00. The first-order valence-electron chi connectivity index (χ1n) is 10.8. The first-order chi connectivity index (χ1) is 15.5. The summed E-state index contributed by atoms with van der Waals surface area (Å²) in [6.45, 7) is 9.17. The number of nitrogens with zero attached hydrogens (tertiary/aromatic N) is 2. The fourth-order valence-electron chi connectivity index (χ4n) is 3.29. The third-order valence-corrected chi connectivity index (χ3v) is 5.81. The second-order valence-electron chi connectivity index (χ2n) is 7.54. The van der Waals surface area contributed by atoms with Gasteiger partial charge in [0.15, 0.2) is 16.7 Å². The zero-order valence-electron chi connectivity index (χ0n) is 18.9. The Morgan fingerprint density at radius 1 is 1.06 bits per heavy atom. The molecular formula is C24H30N4O3S. The van der Waals surface area contributed by atoms with E-state index in [1.165, 1.54) is 6.33 Å². The van der Waals surface area contributed by atoms with Crippen molar-refractivity contribution >= 4 is 17.7 Å². The highest BCUT2D eigenvalue weighted by atomic mass is 32.2. The monoisotopic (exact) mass is 454 g/mol. The average molecular weight is 455 g/mol. The van der Waals surface area contributed by atoms with E-state index in [9.17, 15) is 4.79 Å². The number of ether oxygens (including phenoxy) is 2. The lowest BCUT2D eigenvalue weighted by molar-refractivity contribution is 0.0925. The maximum Gasteiger partial charge on any atom is 0.251 e. The number of hydrogen-bond donors (Lipinski definition) is 2. The second-order valence-corrected chi connectivity index (χ2v) is 8.51. The molecule has 0 aliphatic carbocycles. The van der Waals surface area contributed by atoms with Crippen molar-refractivity contribution in [3.8, 4) is 11.5 Å². The van der Waals surface area contributed by atoms with Gasteiger partial charge in [-0.05, 0) is 55.2 Å². The zero-order chi connectivity index (χ0) is 22.9. The summed E-state index contributed by atoms with van der Waals surface area (Å²) in [6.07, 6.45) is 1.49. The Bertz CT molecular complexity index is 991. The van der Waals surface area contributed by atoms with E-state index in [1.54, 1.807) is 11.8 Å². The second kappa shape index (κ2) is 11.6. The molecule has 0 radical (unpaired) electrons. The van der Waals surface area contributed by atoms with Crippen molar-refractivity contribution in [2.75, 3.05) is 13.2 Å². The van der Waals surface area contributed by atoms with E-state index in [-0.39, 0.29) is 17.9 Å². The molecule has 1 amide bonds. The van der Waals surface area contributed by atoms with Gasteiger partial charge in [0.1, 0.15) is 6.33 Å². The first-order valence-corrected chi connectivity index (χ1v) is 11.8. The summed E-state index contributed by atoms with van der Waals surface area (Å²) >= 11 is 1.56. The number of carbonyl (C=O) groups is 1. The van der Waals surface area contributed by atoms with Gasteiger partial charge in [-0.2, -0.15) is 5.10 Å². The summed E-state index contributed by atoms with van der Waals surface area (Å²) in [7, 11) is 0. The van der Waals surface area contributed by atoms with Crippen LogP contribution in [-0.4, -0.2) is 34.3 Å². The molecule has 1 unspecified atom stereocenters. The maximum atomic E-state index is 13.0. The van der Waals surface area contributed by atoms with Gasteiger partial charge in [0.2, 0.25) is 0 Å². The number of rotatable bonds is 11. The van der Waals surface area contributed by atoms with Crippen molar-refractivity contribution in [1.82, 2.24) is 20.5 Å². The van der Waals surface area contributed by atoms with Crippen LogP contribution in [0.5, 0.6) is 11.5 Å². The molecule has 2 N–H and O–H groups in total. The fraction of sp³-hybridized carbons (Fsp3) is 0.375. The normalized spacial score (nSPS) is 11.9. The van der Waals surface area contributed by atoms with Crippen molar-refractivity contribution in [3.05, 3.63) is 65.5 Å². The van der Waals surface area contributed by atoms with Gasteiger partial charge in [0.05, 0.1) is 19.3 Å². The van der Waals surface area contributed by atoms with Crippen LogP contribution in [0.25, 0.3) is 0 Å². The molecule has 0 bridgehead atoms. The number of H-pyrrole nitrogens is 1. The van der Waals surface area contributed by atoms with Crippen molar-refractivity contribution < 1.29 is 14.3 Å². The van der Waals surface area contributed by atoms with Gasteiger partial charge < -0.3 is 14.8 Å². The van der Waals surface area contributed by atoms with E-state index in [0.717, 1.165) is 22.0 Å². The molecule has 32 heavy (non-hydrogen) atoms. The van der Waals surface area contributed by atoms with Crippen molar-refractivity contribution in [3.63, 3.8) is 0 Å². The summed E-state index contributed by atoms with van der Waals surface area (Å²) in [6, 6.07) is 13.3. The minimum atomic E-state index is -0.154. The molecule has 3 rings (SSSR count). The summed E-state index contributed by atoms with van der Waals surface area (Å²) in [5.41, 5.74) is 2.72. The smallest absolute Gasteiger partial charge is 0.251 e. The Morgan fingerprint density at radius 3 is 2.41 bits per heavy atom. The predicted octanol–water partition coefficient (Wildman–Crippen LogP) is 5.02. The molecule has 170 valence electrons. The number of hydrogen-bond acceptors (Lipinski definition) is 6. The number of amides is 1. The summed E-state index contributed by atoms with van der Waals surface area (Å²) in [5.74, 6) is 2.25. The Labute approximate surface area is 193 Å². The van der Waals surface area contributed by atoms with Crippen molar-refractivity contribution in [2.24, 2.45) is 5.92 Å². The lowest BCUT2D eigenvalue weighted by Crippen LogP contribution is -2.31. The number of aromatic amines is 1. The molecule has 1 atom stereocenters. The number of benzene rings is 2. The van der Waals surface area contributed by atoms with Gasteiger partial charge in [0, 0.05) is 11.3 Å². The summed E-state index contributed by atoms with van der Waals surface area (Å²) in [5, 5.41) is 10.6. The Morgan fingerprint density at radius 2 is 1.78 bits per heavy atom. The van der Waals surface area contributed by atoms with Crippen LogP contribution in [0, 0.1) is 5.92 Å². The minimum Gasteiger partial charge on any atom is -0.490 e. The average Bonchev–Trinajstić information content (AvgIpc) is 3.31. The van der Waals surface area contributed by atoms with Crippen LogP contribution in [0.1, 0.15) is 55.2 Å². The Balaban J connectivity index is 1.70. The minimum absolute atomic E-state index is 0.106. The number of aromatic nitrogens is 3. The van der Waals surface area contributed by atoms with Gasteiger partial charge in [-0.1, -0.05) is 43.8 Å². The quantitative estimate of drug-likeness (QED) is 0.396. The highest BCUT2D eigenvalue weighted by Crippen LogP contribution is 2.33. The number of thioether (sulfide) groups is 1. The van der Waals surface area contributed by atoms with E-state index in [4.69, 9.17) is 9.47 Å². The zero-order valence-corrected chi connectivity index (χ0v) is 19.7. The topological polar surface area (TPSA) is 89.1 Å². The molecule has 7 nitrogen and oxygen atoms in total. The van der Waals surface area contributed by atoms with E-state index in [1.807, 2.05) is 56.3 Å². The van der Waals surface area contributed by atoms with Crippen molar-refractivity contribution in [1.29, 1.82) is 0 Å². The lowest BCUT2D eigenvalue weighted by Gasteiger charge is -2.24. The van der Waals surface area contributed by atoms with Crippen LogP contribution in [0.3, 0.4) is 0 Å². The molecule has 0 saturated carbocycles. The Kier molecular flexibility index (Phi) is 8.56. The summed E-state index contributed by atoms with van der Waals surface area (Å²) < 4.78 is 11.4. The molecule has 2 aromatic carbocycles. The van der Waals surface area contributed by atoms with Gasteiger partial charge in [-0.15, -0.1) is 0 Å². The molecule has 0 aliphatic rings. The van der Waals surface area contributed by atoms with Crippen LogP contribution in [-0.2, 0) is 5.75 Å².